The van der Waals surface area contributed by atoms with Crippen molar-refractivity contribution in [2.45, 2.75) is 25.9 Å². The fourth-order valence-corrected chi connectivity index (χ4v) is 1.11. The quantitative estimate of drug-likeness (QED) is 0.751. The van der Waals surface area contributed by atoms with Gasteiger partial charge in [-0.2, -0.15) is 0 Å². The van der Waals surface area contributed by atoms with Crippen molar-refractivity contribution in [2.75, 3.05) is 20.2 Å². The van der Waals surface area contributed by atoms with Gasteiger partial charge < -0.3 is 9.67 Å². The van der Waals surface area contributed by atoms with E-state index < -0.39 is 0 Å². The Balaban J connectivity index is 2.38. The minimum atomic E-state index is -0.152. The van der Waals surface area contributed by atoms with E-state index in [2.05, 4.69) is 9.88 Å². The zero-order valence-electron chi connectivity index (χ0n) is 9.14. The van der Waals surface area contributed by atoms with Crippen LogP contribution in [0.3, 0.4) is 0 Å². The van der Waals surface area contributed by atoms with Crippen LogP contribution in [-0.2, 0) is 6.54 Å². The molecule has 0 saturated carbocycles. The highest BCUT2D eigenvalue weighted by Gasteiger charge is 2.21. The molecule has 0 atom stereocenters. The molecule has 1 aromatic rings. The lowest BCUT2D eigenvalue weighted by Crippen LogP contribution is -2.45. The smallest absolute Gasteiger partial charge is 0.0946 e. The number of imidazole rings is 1. The second-order valence-electron chi connectivity index (χ2n) is 4.19. The van der Waals surface area contributed by atoms with Gasteiger partial charge in [0.05, 0.1) is 12.9 Å². The molecule has 1 N–H and O–H groups in total. The second kappa shape index (κ2) is 4.57. The Hall–Kier alpha value is -0.870. The average Bonchev–Trinajstić information content (AvgIpc) is 2.66. The van der Waals surface area contributed by atoms with Gasteiger partial charge >= 0.3 is 0 Å². The Morgan fingerprint density at radius 3 is 2.71 bits per heavy atom. The van der Waals surface area contributed by atoms with Crippen molar-refractivity contribution in [1.82, 2.24) is 14.5 Å². The van der Waals surface area contributed by atoms with Crippen LogP contribution in [0.4, 0.5) is 0 Å². The Bertz CT molecular complexity index is 256. The van der Waals surface area contributed by atoms with Crippen LogP contribution in [0.5, 0.6) is 0 Å². The van der Waals surface area contributed by atoms with Crippen LogP contribution < -0.4 is 0 Å². The van der Waals surface area contributed by atoms with Crippen LogP contribution in [0.2, 0.25) is 0 Å². The maximum absolute atomic E-state index is 9.16. The number of rotatable bonds is 5. The zero-order valence-corrected chi connectivity index (χ0v) is 9.14. The van der Waals surface area contributed by atoms with Crippen LogP contribution >= 0.6 is 0 Å². The van der Waals surface area contributed by atoms with Crippen molar-refractivity contribution in [3.8, 4) is 0 Å². The van der Waals surface area contributed by atoms with E-state index in [9.17, 15) is 0 Å². The normalized spacial score (nSPS) is 12.4. The lowest BCUT2D eigenvalue weighted by Gasteiger charge is -2.33. The van der Waals surface area contributed by atoms with Gasteiger partial charge in [-0.25, -0.2) is 4.98 Å². The number of hydrogen-bond acceptors (Lipinski definition) is 3. The van der Waals surface area contributed by atoms with Gasteiger partial charge in [-0.1, -0.05) is 0 Å². The van der Waals surface area contributed by atoms with Gasteiger partial charge in [-0.3, -0.25) is 4.90 Å². The van der Waals surface area contributed by atoms with Crippen LogP contribution in [-0.4, -0.2) is 45.3 Å². The molecular weight excluding hydrogens is 178 g/mol. The molecule has 0 saturated heterocycles. The number of aliphatic hydroxyl groups excluding tert-OH is 1. The third kappa shape index (κ3) is 2.82. The van der Waals surface area contributed by atoms with Crippen LogP contribution in [0, 0.1) is 0 Å². The molecule has 0 aromatic carbocycles. The Morgan fingerprint density at radius 1 is 1.50 bits per heavy atom. The molecule has 0 fully saturated rings. The van der Waals surface area contributed by atoms with Crippen molar-refractivity contribution in [2.24, 2.45) is 0 Å². The predicted octanol–water partition coefficient (Wildman–Crippen LogP) is 0.586. The van der Waals surface area contributed by atoms with Crippen molar-refractivity contribution >= 4 is 0 Å². The highest BCUT2D eigenvalue weighted by atomic mass is 16.3. The lowest BCUT2D eigenvalue weighted by atomic mass is 10.1. The fraction of sp³-hybridized carbons (Fsp3) is 0.700. The topological polar surface area (TPSA) is 41.3 Å². The average molecular weight is 197 g/mol. The molecule has 4 heteroatoms. The van der Waals surface area contributed by atoms with E-state index in [4.69, 9.17) is 5.11 Å². The minimum Gasteiger partial charge on any atom is -0.394 e. The van der Waals surface area contributed by atoms with E-state index in [-0.39, 0.29) is 12.1 Å². The maximum atomic E-state index is 9.16. The highest BCUT2D eigenvalue weighted by Crippen LogP contribution is 2.10. The van der Waals surface area contributed by atoms with Crippen molar-refractivity contribution in [1.29, 1.82) is 0 Å². The summed E-state index contributed by atoms with van der Waals surface area (Å²) in [6.45, 7) is 6.04. The van der Waals surface area contributed by atoms with Crippen LogP contribution in [0.1, 0.15) is 13.8 Å². The Labute approximate surface area is 85.2 Å². The van der Waals surface area contributed by atoms with Crippen molar-refractivity contribution < 1.29 is 5.11 Å². The summed E-state index contributed by atoms with van der Waals surface area (Å²) in [5.41, 5.74) is -0.152. The second-order valence-corrected chi connectivity index (χ2v) is 4.19. The highest BCUT2D eigenvalue weighted by molar-refractivity contribution is 4.79. The standard InChI is InChI=1S/C10H19N3O/c1-10(2,8-14)12(3)6-7-13-5-4-11-9-13/h4-5,9,14H,6-8H2,1-3H3. The summed E-state index contributed by atoms with van der Waals surface area (Å²) < 4.78 is 2.03. The van der Waals surface area contributed by atoms with E-state index in [1.807, 2.05) is 31.7 Å². The number of nitrogens with zero attached hydrogens (tertiary/aromatic N) is 3. The van der Waals surface area contributed by atoms with Gasteiger partial charge in [0, 0.05) is 31.0 Å². The molecule has 80 valence electrons. The first-order valence-electron chi connectivity index (χ1n) is 4.84. The van der Waals surface area contributed by atoms with Gasteiger partial charge in [0.2, 0.25) is 0 Å². The zero-order chi connectivity index (χ0) is 10.6. The third-order valence-corrected chi connectivity index (χ3v) is 2.67. The van der Waals surface area contributed by atoms with Gasteiger partial charge in [-0.15, -0.1) is 0 Å². The molecule has 0 bridgehead atoms. The largest absolute Gasteiger partial charge is 0.394 e. The number of aliphatic hydroxyl groups is 1. The minimum absolute atomic E-state index is 0.152. The maximum Gasteiger partial charge on any atom is 0.0946 e. The molecule has 0 amide bonds. The molecule has 1 rings (SSSR count). The molecule has 4 nitrogen and oxygen atoms in total. The lowest BCUT2D eigenvalue weighted by molar-refractivity contribution is 0.0763. The number of likely N-dealkylation sites (N-methyl/N-ethyl adjacent to an activating group) is 1. The van der Waals surface area contributed by atoms with E-state index in [1.54, 1.807) is 12.5 Å². The molecule has 0 spiro atoms. The van der Waals surface area contributed by atoms with Gasteiger partial charge in [0.15, 0.2) is 0 Å². The molecule has 14 heavy (non-hydrogen) atoms. The van der Waals surface area contributed by atoms with Crippen LogP contribution in [0.15, 0.2) is 18.7 Å². The predicted molar refractivity (Wildman–Crippen MR) is 56.0 cm³/mol. The fourth-order valence-electron chi connectivity index (χ4n) is 1.11. The first-order valence-corrected chi connectivity index (χ1v) is 4.84. The van der Waals surface area contributed by atoms with Gasteiger partial charge in [-0.05, 0) is 20.9 Å². The van der Waals surface area contributed by atoms with E-state index >= 15 is 0 Å². The molecule has 0 radical (unpaired) electrons. The summed E-state index contributed by atoms with van der Waals surface area (Å²) in [4.78, 5) is 6.12. The molecule has 1 aromatic heterocycles. The Morgan fingerprint density at radius 2 is 2.21 bits per heavy atom. The Kier molecular flexibility index (Phi) is 3.66. The van der Waals surface area contributed by atoms with E-state index in [0.717, 1.165) is 13.1 Å². The molecule has 0 aliphatic carbocycles. The summed E-state index contributed by atoms with van der Waals surface area (Å²) in [5.74, 6) is 0. The molecule has 0 unspecified atom stereocenters. The first-order chi connectivity index (χ1) is 6.56. The SMILES string of the molecule is CN(CCn1ccnc1)C(C)(C)CO. The van der Waals surface area contributed by atoms with Crippen molar-refractivity contribution in [3.05, 3.63) is 18.7 Å². The summed E-state index contributed by atoms with van der Waals surface area (Å²) in [5, 5.41) is 9.16. The number of hydrogen-bond donors (Lipinski definition) is 1. The third-order valence-electron chi connectivity index (χ3n) is 2.67. The van der Waals surface area contributed by atoms with Crippen molar-refractivity contribution in [3.63, 3.8) is 0 Å². The molecular formula is C10H19N3O. The molecule has 0 aliphatic rings. The number of aromatic nitrogens is 2. The molecule has 0 aliphatic heterocycles. The van der Waals surface area contributed by atoms with Gasteiger partial charge in [0.1, 0.15) is 0 Å². The summed E-state index contributed by atoms with van der Waals surface area (Å²) in [6.07, 6.45) is 5.52. The van der Waals surface area contributed by atoms with E-state index in [1.165, 1.54) is 0 Å². The van der Waals surface area contributed by atoms with E-state index in [0.29, 0.717) is 0 Å². The van der Waals surface area contributed by atoms with Gasteiger partial charge in [0.25, 0.3) is 0 Å². The summed E-state index contributed by atoms with van der Waals surface area (Å²) in [6, 6.07) is 0. The first kappa shape index (κ1) is 11.2. The summed E-state index contributed by atoms with van der Waals surface area (Å²) >= 11 is 0. The monoisotopic (exact) mass is 197 g/mol. The molecule has 1 heterocycles. The van der Waals surface area contributed by atoms with Crippen LogP contribution in [0.25, 0.3) is 0 Å². The summed E-state index contributed by atoms with van der Waals surface area (Å²) in [7, 11) is 2.02.